The van der Waals surface area contributed by atoms with Crippen molar-refractivity contribution >= 4 is 28.8 Å². The first-order chi connectivity index (χ1) is 36.2. The zero-order valence-electron chi connectivity index (χ0n) is 39.7. The van der Waals surface area contributed by atoms with Crippen molar-refractivity contribution in [3.05, 3.63) is 279 Å². The Morgan fingerprint density at radius 1 is 0.164 bits per heavy atom. The van der Waals surface area contributed by atoms with Crippen molar-refractivity contribution in [2.75, 3.05) is 0 Å². The van der Waals surface area contributed by atoms with E-state index < -0.39 is 8.07 Å². The van der Waals surface area contributed by atoms with E-state index in [4.69, 9.17) is 29.9 Å². The van der Waals surface area contributed by atoms with Crippen LogP contribution >= 0.6 is 0 Å². The quantitative estimate of drug-likeness (QED) is 0.0897. The smallest absolute Gasteiger partial charge is 0.179 e. The van der Waals surface area contributed by atoms with Gasteiger partial charge in [0.2, 0.25) is 0 Å². The van der Waals surface area contributed by atoms with Gasteiger partial charge in [-0.1, -0.05) is 267 Å². The number of nitrogens with zero attached hydrogens (tertiary/aromatic N) is 6. The predicted molar refractivity (Wildman–Crippen MR) is 300 cm³/mol. The highest BCUT2D eigenvalue weighted by atomic mass is 28.3. The average Bonchev–Trinajstić information content (AvgIpc) is 3.49. The van der Waals surface area contributed by atoms with Crippen LogP contribution in [-0.4, -0.2) is 38.0 Å². The summed E-state index contributed by atoms with van der Waals surface area (Å²) in [6.07, 6.45) is 0. The molecule has 0 fully saturated rings. The molecule has 0 aliphatic rings. The first-order valence-corrected chi connectivity index (χ1v) is 26.4. The minimum absolute atomic E-state index is 0.618. The highest BCUT2D eigenvalue weighted by Crippen LogP contribution is 2.31. The second kappa shape index (κ2) is 20.0. The summed E-state index contributed by atoms with van der Waals surface area (Å²) in [6, 6.07) is 98.1. The van der Waals surface area contributed by atoms with Crippen molar-refractivity contribution in [1.29, 1.82) is 0 Å². The summed E-state index contributed by atoms with van der Waals surface area (Å²) in [5.41, 5.74) is 9.91. The summed E-state index contributed by atoms with van der Waals surface area (Å²) < 4.78 is 0. The van der Waals surface area contributed by atoms with Gasteiger partial charge in [-0.25, -0.2) is 29.9 Å². The lowest BCUT2D eigenvalue weighted by Gasteiger charge is -2.35. The number of rotatable bonds is 12. The van der Waals surface area contributed by atoms with E-state index in [1.165, 1.54) is 20.7 Å². The van der Waals surface area contributed by atoms with E-state index in [2.05, 4.69) is 158 Å². The highest BCUT2D eigenvalue weighted by Gasteiger charge is 2.41. The van der Waals surface area contributed by atoms with Gasteiger partial charge in [0.25, 0.3) is 0 Å². The van der Waals surface area contributed by atoms with E-state index in [9.17, 15) is 0 Å². The van der Waals surface area contributed by atoms with Crippen LogP contribution < -0.4 is 20.7 Å². The van der Waals surface area contributed by atoms with Crippen molar-refractivity contribution in [3.63, 3.8) is 0 Å². The maximum Gasteiger partial charge on any atom is 0.179 e. The molecule has 73 heavy (non-hydrogen) atoms. The molecular formula is C66H46N6Si. The second-order valence-electron chi connectivity index (χ2n) is 17.9. The molecule has 0 amide bonds. The van der Waals surface area contributed by atoms with Crippen molar-refractivity contribution in [1.82, 2.24) is 29.9 Å². The van der Waals surface area contributed by atoms with E-state index >= 15 is 0 Å². The largest absolute Gasteiger partial charge is 0.208 e. The van der Waals surface area contributed by atoms with Gasteiger partial charge in [-0.15, -0.1) is 0 Å². The zero-order valence-corrected chi connectivity index (χ0v) is 40.7. The molecule has 10 aromatic carbocycles. The SMILES string of the molecule is c1ccc(-c2nc(-c3ccccc3)nc(-c3cccc(-c4cccc([Si](c5ccccc5)(c5ccccc5)c5cccc(-c6cccc(-c7nc(-c8ccccc8)nc(-c8ccccc8)n7)c6)c5)c4)c3)n2)cc1. The van der Waals surface area contributed by atoms with Crippen LogP contribution in [0.25, 0.3) is 90.6 Å². The van der Waals surface area contributed by atoms with Crippen LogP contribution in [0.4, 0.5) is 0 Å². The van der Waals surface area contributed by atoms with E-state index in [-0.39, 0.29) is 0 Å². The lowest BCUT2D eigenvalue weighted by atomic mass is 10.0. The van der Waals surface area contributed by atoms with Gasteiger partial charge < -0.3 is 0 Å². The molecule has 0 unspecified atom stereocenters. The van der Waals surface area contributed by atoms with Gasteiger partial charge in [0.1, 0.15) is 0 Å². The normalized spacial score (nSPS) is 11.3. The summed E-state index contributed by atoms with van der Waals surface area (Å²) in [6.45, 7) is 0. The standard InChI is InChI=1S/C66H46N6Si/c1-7-23-47(24-8-1)61-67-62(48-25-9-2-10-26-48)70-65(69-61)55-35-19-31-51(43-55)53-33-21-41-59(45-53)73(57-37-15-5-16-38-57,58-39-17-6-18-40-58)60-42-22-34-54(46-60)52-32-20-36-56(44-52)66-71-63(49-27-11-3-12-28-49)68-64(72-66)50-29-13-4-14-30-50/h1-46H. The third-order valence-corrected chi connectivity index (χ3v) is 18.1. The van der Waals surface area contributed by atoms with Gasteiger partial charge in [-0.3, -0.25) is 0 Å². The molecule has 7 heteroatoms. The number of aromatic nitrogens is 6. The van der Waals surface area contributed by atoms with Crippen LogP contribution in [0.5, 0.6) is 0 Å². The fraction of sp³-hybridized carbons (Fsp3) is 0. The Kier molecular flexibility index (Phi) is 12.3. The highest BCUT2D eigenvalue weighted by molar-refractivity contribution is 7.20. The fourth-order valence-corrected chi connectivity index (χ4v) is 14.6. The molecule has 12 aromatic rings. The lowest BCUT2D eigenvalue weighted by Crippen LogP contribution is -2.74. The van der Waals surface area contributed by atoms with Gasteiger partial charge in [0.15, 0.2) is 43.0 Å². The third kappa shape index (κ3) is 9.09. The lowest BCUT2D eigenvalue weighted by molar-refractivity contribution is 1.07. The molecule has 6 nitrogen and oxygen atoms in total. The van der Waals surface area contributed by atoms with Gasteiger partial charge >= 0.3 is 0 Å². The number of benzene rings is 10. The van der Waals surface area contributed by atoms with Crippen LogP contribution in [-0.2, 0) is 0 Å². The van der Waals surface area contributed by atoms with Crippen LogP contribution in [0, 0.1) is 0 Å². The van der Waals surface area contributed by atoms with Crippen molar-refractivity contribution in [3.8, 4) is 90.6 Å². The van der Waals surface area contributed by atoms with E-state index in [1.807, 2.05) is 121 Å². The first kappa shape index (κ1) is 44.6. The van der Waals surface area contributed by atoms with Gasteiger partial charge in [0, 0.05) is 33.4 Å². The Hall–Kier alpha value is -9.56. The van der Waals surface area contributed by atoms with Crippen molar-refractivity contribution in [2.24, 2.45) is 0 Å². The van der Waals surface area contributed by atoms with Crippen LogP contribution in [0.2, 0.25) is 0 Å². The fourth-order valence-electron chi connectivity index (χ4n) is 9.79. The molecule has 0 bridgehead atoms. The second-order valence-corrected chi connectivity index (χ2v) is 21.7. The molecule has 2 aromatic heterocycles. The Morgan fingerprint density at radius 2 is 0.370 bits per heavy atom. The van der Waals surface area contributed by atoms with Gasteiger partial charge in [-0.05, 0) is 55.1 Å². The Labute approximate surface area is 426 Å². The number of hydrogen-bond donors (Lipinski definition) is 0. The Balaban J connectivity index is 0.981. The summed E-state index contributed by atoms with van der Waals surface area (Å²) in [5.74, 6) is 3.76. The van der Waals surface area contributed by atoms with Crippen molar-refractivity contribution in [2.45, 2.75) is 0 Å². The summed E-state index contributed by atoms with van der Waals surface area (Å²) >= 11 is 0. The minimum Gasteiger partial charge on any atom is -0.208 e. The molecule has 0 atom stereocenters. The maximum absolute atomic E-state index is 5.07. The summed E-state index contributed by atoms with van der Waals surface area (Å²) in [5, 5.41) is 5.11. The van der Waals surface area contributed by atoms with E-state index in [0.29, 0.717) is 34.9 Å². The predicted octanol–water partition coefficient (Wildman–Crippen LogP) is 12.8. The Morgan fingerprint density at radius 3 is 0.671 bits per heavy atom. The molecule has 0 saturated heterocycles. The van der Waals surface area contributed by atoms with E-state index in [0.717, 1.165) is 55.6 Å². The van der Waals surface area contributed by atoms with E-state index in [1.54, 1.807) is 0 Å². The molecule has 0 radical (unpaired) electrons. The first-order valence-electron chi connectivity index (χ1n) is 24.4. The molecule has 0 aliphatic heterocycles. The zero-order chi connectivity index (χ0) is 48.8. The number of hydrogen-bond acceptors (Lipinski definition) is 6. The van der Waals surface area contributed by atoms with Gasteiger partial charge in [0.05, 0.1) is 0 Å². The summed E-state index contributed by atoms with van der Waals surface area (Å²) in [7, 11) is -3.03. The molecule has 12 rings (SSSR count). The van der Waals surface area contributed by atoms with Crippen LogP contribution in [0.1, 0.15) is 0 Å². The minimum atomic E-state index is -3.03. The monoisotopic (exact) mass is 950 g/mol. The molecule has 344 valence electrons. The van der Waals surface area contributed by atoms with Gasteiger partial charge in [-0.2, -0.15) is 0 Å². The topological polar surface area (TPSA) is 77.3 Å². The van der Waals surface area contributed by atoms with Crippen molar-refractivity contribution < 1.29 is 0 Å². The molecule has 0 N–H and O–H groups in total. The third-order valence-electron chi connectivity index (χ3n) is 13.3. The molecule has 2 heterocycles. The molecular weight excluding hydrogens is 905 g/mol. The Bertz CT molecular complexity index is 3470. The van der Waals surface area contributed by atoms with Crippen LogP contribution in [0.15, 0.2) is 279 Å². The average molecular weight is 951 g/mol. The molecule has 0 spiro atoms. The van der Waals surface area contributed by atoms with Crippen LogP contribution in [0.3, 0.4) is 0 Å². The summed E-state index contributed by atoms with van der Waals surface area (Å²) in [4.78, 5) is 30.2. The molecule has 0 aliphatic carbocycles. The molecule has 0 saturated carbocycles. The maximum atomic E-state index is 5.07.